The third-order valence-electron chi connectivity index (χ3n) is 3.98. The fraction of sp³-hybridized carbons (Fsp3) is 0.412. The lowest BCUT2D eigenvalue weighted by Gasteiger charge is -2.43. The number of nitrogens with one attached hydrogen (secondary N) is 1. The van der Waals surface area contributed by atoms with Gasteiger partial charge in [-0.2, -0.15) is 0 Å². The molecule has 0 radical (unpaired) electrons. The van der Waals surface area contributed by atoms with Crippen LogP contribution < -0.4 is 5.43 Å². The van der Waals surface area contributed by atoms with Gasteiger partial charge < -0.3 is 14.9 Å². The lowest BCUT2D eigenvalue weighted by molar-refractivity contribution is -0.124. The number of ether oxygens (including phenoxy) is 1. The van der Waals surface area contributed by atoms with Crippen LogP contribution in [-0.4, -0.2) is 45.2 Å². The zero-order valence-corrected chi connectivity index (χ0v) is 14.7. The van der Waals surface area contributed by atoms with E-state index in [4.69, 9.17) is 21.4 Å². The Hall–Kier alpha value is -2.25. The van der Waals surface area contributed by atoms with E-state index < -0.39 is 29.9 Å². The van der Waals surface area contributed by atoms with Gasteiger partial charge in [-0.3, -0.25) is 0 Å². The molecule has 0 aromatic heterocycles. The highest BCUT2D eigenvalue weighted by Crippen LogP contribution is 2.31. The minimum absolute atomic E-state index is 0.432. The standard InChI is InChI=1S/C17H21ClN2O5/c1-17(2)10-9-13(20(16(23)24)19-15(21)22)14(25-17)8-5-11-3-6-12(18)7-4-11/h3-8,13-14,19H,9-10H2,1-2H3,(H,21,22)(H,23,24)/t13?,14-/m0/s1. The second-order valence-corrected chi connectivity index (χ2v) is 6.86. The molecule has 3 N–H and O–H groups in total. The summed E-state index contributed by atoms with van der Waals surface area (Å²) < 4.78 is 5.99. The van der Waals surface area contributed by atoms with Crippen LogP contribution in [0.1, 0.15) is 32.3 Å². The van der Waals surface area contributed by atoms with Crippen LogP contribution in [0, 0.1) is 0 Å². The average Bonchev–Trinajstić information content (AvgIpc) is 2.51. The summed E-state index contributed by atoms with van der Waals surface area (Å²) in [5.41, 5.74) is 2.38. The summed E-state index contributed by atoms with van der Waals surface area (Å²) in [4.78, 5) is 22.4. The molecule has 1 aromatic rings. The van der Waals surface area contributed by atoms with Gasteiger partial charge in [-0.25, -0.2) is 20.0 Å². The molecule has 2 rings (SSSR count). The van der Waals surface area contributed by atoms with Gasteiger partial charge >= 0.3 is 12.2 Å². The Morgan fingerprint density at radius 3 is 2.52 bits per heavy atom. The van der Waals surface area contributed by atoms with Crippen molar-refractivity contribution >= 4 is 29.9 Å². The van der Waals surface area contributed by atoms with Crippen molar-refractivity contribution in [2.24, 2.45) is 0 Å². The monoisotopic (exact) mass is 368 g/mol. The Bertz CT molecular complexity index is 660. The Morgan fingerprint density at radius 1 is 1.32 bits per heavy atom. The van der Waals surface area contributed by atoms with Crippen LogP contribution >= 0.6 is 11.6 Å². The van der Waals surface area contributed by atoms with E-state index in [-0.39, 0.29) is 0 Å². The number of hydrazine groups is 1. The van der Waals surface area contributed by atoms with Crippen LogP contribution in [0.15, 0.2) is 30.3 Å². The predicted octanol–water partition coefficient (Wildman–Crippen LogP) is 3.84. The predicted molar refractivity (Wildman–Crippen MR) is 93.5 cm³/mol. The molecule has 1 unspecified atom stereocenters. The summed E-state index contributed by atoms with van der Waals surface area (Å²) in [6, 6.07) is 6.49. The molecular formula is C17H21ClN2O5. The number of halogens is 1. The Labute approximate surface area is 150 Å². The lowest BCUT2D eigenvalue weighted by atomic mass is 9.90. The Morgan fingerprint density at radius 2 is 1.96 bits per heavy atom. The van der Waals surface area contributed by atoms with E-state index in [1.165, 1.54) is 0 Å². The van der Waals surface area contributed by atoms with Gasteiger partial charge in [-0.05, 0) is 44.4 Å². The van der Waals surface area contributed by atoms with E-state index in [0.717, 1.165) is 5.56 Å². The second-order valence-electron chi connectivity index (χ2n) is 6.43. The molecule has 1 aliphatic heterocycles. The van der Waals surface area contributed by atoms with Gasteiger partial charge in [0.2, 0.25) is 0 Å². The number of hydrogen-bond acceptors (Lipinski definition) is 3. The lowest BCUT2D eigenvalue weighted by Crippen LogP contribution is -2.58. The van der Waals surface area contributed by atoms with Crippen molar-refractivity contribution in [2.45, 2.75) is 44.4 Å². The molecule has 1 aromatic carbocycles. The Kier molecular flexibility index (Phi) is 5.92. The number of benzene rings is 1. The molecular weight excluding hydrogens is 348 g/mol. The molecule has 7 nitrogen and oxygen atoms in total. The maximum Gasteiger partial charge on any atom is 0.426 e. The molecule has 0 spiro atoms. The van der Waals surface area contributed by atoms with Crippen LogP contribution in [-0.2, 0) is 4.74 Å². The van der Waals surface area contributed by atoms with Crippen molar-refractivity contribution in [3.05, 3.63) is 40.9 Å². The first-order chi connectivity index (χ1) is 11.7. The van der Waals surface area contributed by atoms with Gasteiger partial charge in [0.25, 0.3) is 0 Å². The molecule has 2 atom stereocenters. The van der Waals surface area contributed by atoms with E-state index in [1.807, 2.05) is 31.4 Å². The highest BCUT2D eigenvalue weighted by Gasteiger charge is 2.40. The van der Waals surface area contributed by atoms with Gasteiger partial charge in [0.1, 0.15) is 0 Å². The van der Waals surface area contributed by atoms with Gasteiger partial charge in [-0.15, -0.1) is 0 Å². The normalized spacial score (nSPS) is 22.5. The number of carbonyl (C=O) groups is 2. The molecule has 0 saturated carbocycles. The number of amides is 2. The summed E-state index contributed by atoms with van der Waals surface area (Å²) >= 11 is 5.86. The average molecular weight is 369 g/mol. The van der Waals surface area contributed by atoms with E-state index in [9.17, 15) is 14.7 Å². The third-order valence-corrected chi connectivity index (χ3v) is 4.23. The molecule has 1 saturated heterocycles. The smallest absolute Gasteiger partial charge is 0.426 e. The zero-order chi connectivity index (χ0) is 18.6. The Balaban J connectivity index is 2.25. The molecule has 0 aliphatic carbocycles. The van der Waals surface area contributed by atoms with Crippen LogP contribution in [0.5, 0.6) is 0 Å². The van der Waals surface area contributed by atoms with E-state index in [2.05, 4.69) is 0 Å². The molecule has 0 bridgehead atoms. The SMILES string of the molecule is CC1(C)CCC(N(NC(=O)O)C(=O)O)[C@H](C=Cc2ccc(Cl)cc2)O1. The van der Waals surface area contributed by atoms with Crippen molar-refractivity contribution in [3.8, 4) is 0 Å². The summed E-state index contributed by atoms with van der Waals surface area (Å²) in [5, 5.41) is 19.5. The molecule has 25 heavy (non-hydrogen) atoms. The topological polar surface area (TPSA) is 99.1 Å². The second kappa shape index (κ2) is 7.76. The van der Waals surface area contributed by atoms with Gasteiger partial charge in [0.15, 0.2) is 0 Å². The number of carboxylic acid groups (broad SMARTS) is 2. The fourth-order valence-electron chi connectivity index (χ4n) is 2.76. The number of hydrogen-bond donors (Lipinski definition) is 3. The molecule has 1 heterocycles. The summed E-state index contributed by atoms with van der Waals surface area (Å²) in [6.07, 6.45) is 1.21. The summed E-state index contributed by atoms with van der Waals surface area (Å²) in [5.74, 6) is 0. The van der Waals surface area contributed by atoms with Gasteiger partial charge in [0.05, 0.1) is 17.7 Å². The molecule has 1 aliphatic rings. The van der Waals surface area contributed by atoms with Crippen LogP contribution in [0.3, 0.4) is 0 Å². The minimum atomic E-state index is -1.44. The van der Waals surface area contributed by atoms with E-state index in [1.54, 1.807) is 24.3 Å². The number of nitrogens with zero attached hydrogens (tertiary/aromatic N) is 1. The maximum atomic E-state index is 11.5. The fourth-order valence-corrected chi connectivity index (χ4v) is 2.89. The first-order valence-corrected chi connectivity index (χ1v) is 8.19. The van der Waals surface area contributed by atoms with Crippen LogP contribution in [0.25, 0.3) is 6.08 Å². The molecule has 1 fully saturated rings. The first kappa shape index (κ1) is 19.1. The third kappa shape index (κ3) is 5.37. The zero-order valence-electron chi connectivity index (χ0n) is 14.0. The molecule has 2 amide bonds. The summed E-state index contributed by atoms with van der Waals surface area (Å²) in [6.45, 7) is 3.84. The van der Waals surface area contributed by atoms with Gasteiger partial charge in [-0.1, -0.05) is 35.9 Å². The van der Waals surface area contributed by atoms with E-state index in [0.29, 0.717) is 22.9 Å². The van der Waals surface area contributed by atoms with Crippen molar-refractivity contribution in [1.29, 1.82) is 0 Å². The highest BCUT2D eigenvalue weighted by molar-refractivity contribution is 6.30. The van der Waals surface area contributed by atoms with Crippen molar-refractivity contribution in [2.75, 3.05) is 0 Å². The largest absolute Gasteiger partial charge is 0.464 e. The van der Waals surface area contributed by atoms with Gasteiger partial charge in [0, 0.05) is 5.02 Å². The highest BCUT2D eigenvalue weighted by atomic mass is 35.5. The van der Waals surface area contributed by atoms with Crippen LogP contribution in [0.2, 0.25) is 5.02 Å². The van der Waals surface area contributed by atoms with Crippen LogP contribution in [0.4, 0.5) is 9.59 Å². The minimum Gasteiger partial charge on any atom is -0.464 e. The first-order valence-electron chi connectivity index (χ1n) is 7.81. The molecule has 136 valence electrons. The van der Waals surface area contributed by atoms with Crippen molar-refractivity contribution in [3.63, 3.8) is 0 Å². The van der Waals surface area contributed by atoms with Crippen molar-refractivity contribution < 1.29 is 24.5 Å². The van der Waals surface area contributed by atoms with E-state index >= 15 is 0 Å². The quantitative estimate of drug-likeness (QED) is 0.704. The number of rotatable bonds is 3. The summed E-state index contributed by atoms with van der Waals surface area (Å²) in [7, 11) is 0. The molecule has 8 heteroatoms. The van der Waals surface area contributed by atoms with Crippen molar-refractivity contribution in [1.82, 2.24) is 10.4 Å². The maximum absolute atomic E-state index is 11.5.